The first kappa shape index (κ1) is 33.8. The van der Waals surface area contributed by atoms with Gasteiger partial charge in [-0.2, -0.15) is 0 Å². The third-order valence-corrected chi connectivity index (χ3v) is 9.24. The second-order valence-electron chi connectivity index (χ2n) is 11.8. The lowest BCUT2D eigenvalue weighted by Crippen LogP contribution is -2.30. The molecule has 0 fully saturated rings. The molecule has 0 spiro atoms. The lowest BCUT2D eigenvalue weighted by Gasteiger charge is -2.18. The maximum Gasteiger partial charge on any atom is 0.272 e. The van der Waals surface area contributed by atoms with Gasteiger partial charge in [-0.1, -0.05) is 91.0 Å². The number of thioether (sulfide) groups is 1. The van der Waals surface area contributed by atoms with E-state index in [0.29, 0.717) is 11.3 Å². The van der Waals surface area contributed by atoms with Crippen molar-refractivity contribution in [3.05, 3.63) is 174 Å². The number of carbonyl (C=O) groups excluding carboxylic acids is 3. The highest BCUT2D eigenvalue weighted by molar-refractivity contribution is 8.00. The first-order valence-corrected chi connectivity index (χ1v) is 17.0. The number of benzene rings is 6. The number of hydrogen-bond donors (Lipinski definition) is 3. The van der Waals surface area contributed by atoms with Gasteiger partial charge in [-0.05, 0) is 88.6 Å². The number of nitrogens with one attached hydrogen (secondary N) is 3. The Balaban J connectivity index is 1.19. The van der Waals surface area contributed by atoms with Gasteiger partial charge in [0.2, 0.25) is 5.91 Å². The van der Waals surface area contributed by atoms with Gasteiger partial charge in [-0.3, -0.25) is 14.4 Å². The second-order valence-corrected chi connectivity index (χ2v) is 13.0. The summed E-state index contributed by atoms with van der Waals surface area (Å²) in [5.74, 6) is -1.00. The van der Waals surface area contributed by atoms with Crippen molar-refractivity contribution in [1.29, 1.82) is 0 Å². The van der Waals surface area contributed by atoms with E-state index in [1.54, 1.807) is 42.5 Å². The summed E-state index contributed by atoms with van der Waals surface area (Å²) in [6.45, 7) is 0. The molecule has 1 unspecified atom stereocenters. The summed E-state index contributed by atoms with van der Waals surface area (Å²) in [5, 5.41) is 10.4. The molecule has 0 heterocycles. The van der Waals surface area contributed by atoms with Crippen LogP contribution in [-0.2, 0) is 9.59 Å². The number of hydrogen-bond acceptors (Lipinski definition) is 5. The van der Waals surface area contributed by atoms with E-state index < -0.39 is 17.1 Å². The highest BCUT2D eigenvalue weighted by Crippen LogP contribution is 2.37. The fraction of sp³-hybridized carbons (Fsp3) is 0.0714. The second kappa shape index (κ2) is 15.9. The summed E-state index contributed by atoms with van der Waals surface area (Å²) >= 11 is 1.42. The van der Waals surface area contributed by atoms with Gasteiger partial charge in [-0.15, -0.1) is 11.8 Å². The molecule has 6 aromatic rings. The zero-order valence-electron chi connectivity index (χ0n) is 27.7. The average molecular weight is 677 g/mol. The smallest absolute Gasteiger partial charge is 0.272 e. The molecule has 0 saturated heterocycles. The average Bonchev–Trinajstić information content (AvgIpc) is 3.15. The molecule has 0 aromatic heterocycles. The lowest BCUT2D eigenvalue weighted by atomic mass is 10.1. The number of fused-ring (bicyclic) bond motifs is 1. The molecule has 1 atom stereocenters. The van der Waals surface area contributed by atoms with Crippen molar-refractivity contribution in [2.24, 2.45) is 0 Å². The van der Waals surface area contributed by atoms with Crippen molar-refractivity contribution in [2.45, 2.75) is 10.1 Å². The van der Waals surface area contributed by atoms with Crippen LogP contribution in [0.5, 0.6) is 0 Å². The summed E-state index contributed by atoms with van der Waals surface area (Å²) in [5.41, 5.74) is 4.45. The van der Waals surface area contributed by atoms with Crippen LogP contribution in [0.1, 0.15) is 26.7 Å². The van der Waals surface area contributed by atoms with Crippen molar-refractivity contribution >= 4 is 63.4 Å². The third kappa shape index (κ3) is 8.66. The van der Waals surface area contributed by atoms with E-state index in [1.165, 1.54) is 11.8 Å². The van der Waals surface area contributed by atoms with E-state index in [9.17, 15) is 14.4 Å². The van der Waals surface area contributed by atoms with Gasteiger partial charge in [0, 0.05) is 41.6 Å². The summed E-state index contributed by atoms with van der Waals surface area (Å²) in [6, 6.07) is 47.3. The van der Waals surface area contributed by atoms with Crippen LogP contribution in [0.15, 0.2) is 162 Å². The molecular formula is C42H36N4O3S. The molecule has 8 heteroatoms. The Hall–Kier alpha value is -6.12. The zero-order chi connectivity index (χ0) is 34.9. The van der Waals surface area contributed by atoms with Crippen molar-refractivity contribution < 1.29 is 14.4 Å². The molecule has 6 rings (SSSR count). The van der Waals surface area contributed by atoms with Crippen molar-refractivity contribution in [1.82, 2.24) is 5.32 Å². The third-order valence-electron chi connectivity index (χ3n) is 7.97. The van der Waals surface area contributed by atoms with Crippen molar-refractivity contribution in [2.75, 3.05) is 29.6 Å². The van der Waals surface area contributed by atoms with Gasteiger partial charge >= 0.3 is 0 Å². The first-order chi connectivity index (χ1) is 24.3. The molecule has 0 radical (unpaired) electrons. The first-order valence-electron chi connectivity index (χ1n) is 16.1. The molecule has 3 N–H and O–H groups in total. The Labute approximate surface area is 296 Å². The van der Waals surface area contributed by atoms with Gasteiger partial charge < -0.3 is 20.9 Å². The Morgan fingerprint density at radius 2 is 1.26 bits per heavy atom. The number of nitrogens with zero attached hydrogens (tertiary/aromatic N) is 1. The van der Waals surface area contributed by atoms with Crippen molar-refractivity contribution in [3.8, 4) is 0 Å². The van der Waals surface area contributed by atoms with Gasteiger partial charge in [0.25, 0.3) is 11.8 Å². The van der Waals surface area contributed by atoms with Crippen LogP contribution in [0.25, 0.3) is 16.8 Å². The minimum Gasteiger partial charge on any atom is -0.378 e. The fourth-order valence-electron chi connectivity index (χ4n) is 5.30. The highest BCUT2D eigenvalue weighted by atomic mass is 32.2. The predicted molar refractivity (Wildman–Crippen MR) is 205 cm³/mol. The van der Waals surface area contributed by atoms with Crippen LogP contribution < -0.4 is 20.9 Å². The number of carbonyl (C=O) groups is 3. The molecule has 0 aliphatic carbocycles. The molecular weight excluding hydrogens is 641 g/mol. The Morgan fingerprint density at radius 3 is 1.94 bits per heavy atom. The van der Waals surface area contributed by atoms with E-state index in [0.717, 1.165) is 38.2 Å². The number of anilines is 3. The molecule has 50 heavy (non-hydrogen) atoms. The maximum absolute atomic E-state index is 13.7. The Kier molecular flexibility index (Phi) is 10.7. The molecule has 7 nitrogen and oxygen atoms in total. The monoisotopic (exact) mass is 676 g/mol. The van der Waals surface area contributed by atoms with Crippen molar-refractivity contribution in [3.63, 3.8) is 0 Å². The maximum atomic E-state index is 13.7. The molecule has 6 aromatic carbocycles. The van der Waals surface area contributed by atoms with E-state index in [2.05, 4.69) is 16.0 Å². The molecule has 0 aliphatic rings. The standard InChI is InChI=1S/C42H36N4O3S/c1-46(2)36-23-17-29(18-24-36)27-38(45-40(47)32-14-7-4-8-15-32)41(48)43-34-21-25-37(26-22-34)50-39(31-12-5-3-6-13-31)42(49)44-35-20-19-30-11-9-10-16-33(30)28-35/h3-28,39H,1-2H3,(H,43,48)(H,44,49)(H,45,47)/b38-27-. The van der Waals surface area contributed by atoms with Crippen LogP contribution in [-0.4, -0.2) is 31.8 Å². The minimum absolute atomic E-state index is 0.101. The van der Waals surface area contributed by atoms with Gasteiger partial charge in [0.15, 0.2) is 0 Å². The molecule has 0 saturated carbocycles. The van der Waals surface area contributed by atoms with Crippen LogP contribution in [0.4, 0.5) is 17.1 Å². The largest absolute Gasteiger partial charge is 0.378 e. The molecule has 0 bridgehead atoms. The van der Waals surface area contributed by atoms with Gasteiger partial charge in [0.05, 0.1) is 0 Å². The SMILES string of the molecule is CN(C)c1ccc(/C=C(\NC(=O)c2ccccc2)C(=O)Nc2ccc(SC(C(=O)Nc3ccc4ccccc4c3)c3ccccc3)cc2)cc1. The summed E-state index contributed by atoms with van der Waals surface area (Å²) < 4.78 is 0. The Bertz CT molecular complexity index is 2130. The number of amides is 3. The summed E-state index contributed by atoms with van der Waals surface area (Å²) in [7, 11) is 3.91. The summed E-state index contributed by atoms with van der Waals surface area (Å²) in [6.07, 6.45) is 1.65. The van der Waals surface area contributed by atoms with Crippen LogP contribution in [0.2, 0.25) is 0 Å². The molecule has 0 aliphatic heterocycles. The lowest BCUT2D eigenvalue weighted by molar-refractivity contribution is -0.116. The van der Waals surface area contributed by atoms with E-state index in [1.807, 2.05) is 134 Å². The van der Waals surface area contributed by atoms with E-state index in [-0.39, 0.29) is 11.6 Å². The normalized spacial score (nSPS) is 11.8. The van der Waals surface area contributed by atoms with Crippen LogP contribution >= 0.6 is 11.8 Å². The van der Waals surface area contributed by atoms with Crippen LogP contribution in [0.3, 0.4) is 0 Å². The molecule has 248 valence electrons. The fourth-order valence-corrected chi connectivity index (χ4v) is 6.33. The minimum atomic E-state index is -0.523. The quantitative estimate of drug-likeness (QED) is 0.0943. The highest BCUT2D eigenvalue weighted by Gasteiger charge is 2.23. The van der Waals surface area contributed by atoms with Crippen LogP contribution in [0, 0.1) is 0 Å². The Morgan fingerprint density at radius 1 is 0.640 bits per heavy atom. The van der Waals surface area contributed by atoms with E-state index in [4.69, 9.17) is 0 Å². The van der Waals surface area contributed by atoms with E-state index >= 15 is 0 Å². The predicted octanol–water partition coefficient (Wildman–Crippen LogP) is 8.79. The molecule has 3 amide bonds. The topological polar surface area (TPSA) is 90.5 Å². The van der Waals surface area contributed by atoms with Gasteiger partial charge in [-0.25, -0.2) is 0 Å². The summed E-state index contributed by atoms with van der Waals surface area (Å²) in [4.78, 5) is 43.2. The van der Waals surface area contributed by atoms with Gasteiger partial charge in [0.1, 0.15) is 10.9 Å². The zero-order valence-corrected chi connectivity index (χ0v) is 28.5. The number of rotatable bonds is 11.